The fraction of sp³-hybridized carbons (Fsp3) is 0. The monoisotopic (exact) mass is 745 g/mol. The molecule has 4 heterocycles. The van der Waals surface area contributed by atoms with Gasteiger partial charge in [0.1, 0.15) is 0 Å². The van der Waals surface area contributed by atoms with Gasteiger partial charge in [0, 0.05) is 69.8 Å². The van der Waals surface area contributed by atoms with Gasteiger partial charge in [0.2, 0.25) is 0 Å². The number of fused-ring (bicyclic) bond motifs is 9. The normalized spacial score (nSPS) is 11.9. The molecule has 0 aliphatic rings. The van der Waals surface area contributed by atoms with Crippen LogP contribution in [-0.2, 0) is 0 Å². The number of hydrogen-bond acceptors (Lipinski definition) is 4. The molecule has 0 fully saturated rings. The third-order valence-corrected chi connectivity index (χ3v) is 12.3. The molecule has 0 atom stereocenters. The SMILES string of the molecule is c1ccc(-c2nc(-c3ccccc3)nc(-c3ccc4c(c3)sc3ccc(-n5c6ccccc6c6cc7c8ccccc8n(-c8ccccc8)c7cc65)cc34)n2)cc1. The Bertz CT molecular complexity index is 3450. The second-order valence-corrected chi connectivity index (χ2v) is 15.5. The lowest BCUT2D eigenvalue weighted by molar-refractivity contribution is 1.07. The maximum absolute atomic E-state index is 5.00. The van der Waals surface area contributed by atoms with E-state index in [1.165, 1.54) is 63.8 Å². The van der Waals surface area contributed by atoms with Crippen LogP contribution in [0.15, 0.2) is 188 Å². The van der Waals surface area contributed by atoms with Gasteiger partial charge in [0.05, 0.1) is 22.1 Å². The first kappa shape index (κ1) is 31.9. The molecule has 4 aromatic heterocycles. The quantitative estimate of drug-likeness (QED) is 0.176. The lowest BCUT2D eigenvalue weighted by atomic mass is 10.1. The van der Waals surface area contributed by atoms with Crippen LogP contribution in [0.3, 0.4) is 0 Å². The van der Waals surface area contributed by atoms with Gasteiger partial charge < -0.3 is 9.13 Å². The maximum atomic E-state index is 5.00. The maximum Gasteiger partial charge on any atom is 0.164 e. The van der Waals surface area contributed by atoms with E-state index >= 15 is 0 Å². The highest BCUT2D eigenvalue weighted by Crippen LogP contribution is 2.42. The predicted molar refractivity (Wildman–Crippen MR) is 238 cm³/mol. The molecule has 0 bridgehead atoms. The minimum absolute atomic E-state index is 0.660. The molecule has 5 nitrogen and oxygen atoms in total. The van der Waals surface area contributed by atoms with E-state index in [1.807, 2.05) is 60.7 Å². The van der Waals surface area contributed by atoms with Gasteiger partial charge in [-0.05, 0) is 60.7 Å². The van der Waals surface area contributed by atoms with E-state index in [0.717, 1.165) is 28.1 Å². The number of thiophene rings is 1. The van der Waals surface area contributed by atoms with E-state index < -0.39 is 0 Å². The minimum Gasteiger partial charge on any atom is -0.309 e. The summed E-state index contributed by atoms with van der Waals surface area (Å²) in [7, 11) is 0. The third kappa shape index (κ3) is 5.04. The molecule has 0 radical (unpaired) electrons. The van der Waals surface area contributed by atoms with Crippen LogP contribution in [0.1, 0.15) is 0 Å². The van der Waals surface area contributed by atoms with Crippen LogP contribution in [0.4, 0.5) is 0 Å². The summed E-state index contributed by atoms with van der Waals surface area (Å²) in [5.41, 5.74) is 9.94. The number of benzene rings is 8. The van der Waals surface area contributed by atoms with Crippen molar-refractivity contribution in [3.63, 3.8) is 0 Å². The molecule has 57 heavy (non-hydrogen) atoms. The van der Waals surface area contributed by atoms with E-state index in [1.54, 1.807) is 11.3 Å². The molecule has 266 valence electrons. The van der Waals surface area contributed by atoms with Gasteiger partial charge in [-0.2, -0.15) is 0 Å². The molecular formula is C51H31N5S. The van der Waals surface area contributed by atoms with Crippen molar-refractivity contribution in [2.45, 2.75) is 0 Å². The first-order valence-electron chi connectivity index (χ1n) is 19.1. The first-order chi connectivity index (χ1) is 28.2. The average Bonchev–Trinajstić information content (AvgIpc) is 3.93. The lowest BCUT2D eigenvalue weighted by Crippen LogP contribution is -1.99. The van der Waals surface area contributed by atoms with Gasteiger partial charge in [-0.15, -0.1) is 11.3 Å². The van der Waals surface area contributed by atoms with E-state index in [2.05, 4.69) is 137 Å². The number of aromatic nitrogens is 5. The van der Waals surface area contributed by atoms with Crippen LogP contribution < -0.4 is 0 Å². The molecule has 0 N–H and O–H groups in total. The summed E-state index contributed by atoms with van der Waals surface area (Å²) in [5.74, 6) is 1.98. The van der Waals surface area contributed by atoms with Crippen molar-refractivity contribution in [3.05, 3.63) is 188 Å². The summed E-state index contributed by atoms with van der Waals surface area (Å²) in [6, 6.07) is 66.8. The van der Waals surface area contributed by atoms with E-state index in [0.29, 0.717) is 17.5 Å². The second kappa shape index (κ2) is 12.6. The van der Waals surface area contributed by atoms with Crippen molar-refractivity contribution < 1.29 is 0 Å². The highest BCUT2D eigenvalue weighted by atomic mass is 32.1. The Balaban J connectivity index is 1.04. The lowest BCUT2D eigenvalue weighted by Gasteiger charge is -2.10. The van der Waals surface area contributed by atoms with Crippen LogP contribution in [0, 0.1) is 0 Å². The van der Waals surface area contributed by atoms with Gasteiger partial charge in [-0.25, -0.2) is 15.0 Å². The summed E-state index contributed by atoms with van der Waals surface area (Å²) in [5, 5.41) is 7.45. The summed E-state index contributed by atoms with van der Waals surface area (Å²) >= 11 is 1.80. The largest absolute Gasteiger partial charge is 0.309 e. The van der Waals surface area contributed by atoms with Crippen molar-refractivity contribution in [3.8, 4) is 45.5 Å². The van der Waals surface area contributed by atoms with Gasteiger partial charge in [0.25, 0.3) is 0 Å². The highest BCUT2D eigenvalue weighted by molar-refractivity contribution is 7.25. The Morgan fingerprint density at radius 1 is 0.298 bits per heavy atom. The number of para-hydroxylation sites is 3. The molecule has 0 unspecified atom stereocenters. The summed E-state index contributed by atoms with van der Waals surface area (Å²) in [6.07, 6.45) is 0. The number of rotatable bonds is 5. The summed E-state index contributed by atoms with van der Waals surface area (Å²) < 4.78 is 7.27. The standard InChI is InChI=1S/C51H31N5S/c1-4-14-32(15-5-1)49-52-50(33-16-6-2-7-17-33)54-51(53-49)34-24-26-39-42-29-36(25-27-47(42)57-48(39)28-34)56-44-23-13-11-21-38(44)41-30-40-37-20-10-12-22-43(37)55(45(40)31-46(41)56)35-18-8-3-9-19-35/h1-31H. The zero-order valence-electron chi connectivity index (χ0n) is 30.5. The summed E-state index contributed by atoms with van der Waals surface area (Å²) in [6.45, 7) is 0. The average molecular weight is 746 g/mol. The number of nitrogens with zero attached hydrogens (tertiary/aromatic N) is 5. The Labute approximate surface area is 331 Å². The molecule has 0 saturated carbocycles. The van der Waals surface area contributed by atoms with Crippen molar-refractivity contribution in [2.75, 3.05) is 0 Å². The Hall–Kier alpha value is -7.41. The van der Waals surface area contributed by atoms with Crippen LogP contribution in [0.25, 0.3) is 109 Å². The molecule has 12 rings (SSSR count). The minimum atomic E-state index is 0.660. The van der Waals surface area contributed by atoms with Gasteiger partial charge in [-0.3, -0.25) is 0 Å². The molecule has 8 aromatic carbocycles. The zero-order chi connectivity index (χ0) is 37.5. The Morgan fingerprint density at radius 3 is 1.44 bits per heavy atom. The predicted octanol–water partition coefficient (Wildman–Crippen LogP) is 13.4. The smallest absolute Gasteiger partial charge is 0.164 e. The zero-order valence-corrected chi connectivity index (χ0v) is 31.4. The highest BCUT2D eigenvalue weighted by Gasteiger charge is 2.20. The van der Waals surface area contributed by atoms with Gasteiger partial charge in [-0.1, -0.05) is 127 Å². The van der Waals surface area contributed by atoms with E-state index in [9.17, 15) is 0 Å². The van der Waals surface area contributed by atoms with Gasteiger partial charge in [0.15, 0.2) is 17.5 Å². The van der Waals surface area contributed by atoms with Crippen LogP contribution >= 0.6 is 11.3 Å². The number of hydrogen-bond donors (Lipinski definition) is 0. The van der Waals surface area contributed by atoms with Crippen LogP contribution in [-0.4, -0.2) is 24.1 Å². The fourth-order valence-corrected chi connectivity index (χ4v) is 9.67. The third-order valence-electron chi connectivity index (χ3n) is 11.2. The van der Waals surface area contributed by atoms with Crippen molar-refractivity contribution in [1.29, 1.82) is 0 Å². The molecule has 0 saturated heterocycles. The van der Waals surface area contributed by atoms with Crippen molar-refractivity contribution in [1.82, 2.24) is 24.1 Å². The van der Waals surface area contributed by atoms with Crippen LogP contribution in [0.5, 0.6) is 0 Å². The topological polar surface area (TPSA) is 48.5 Å². The summed E-state index contributed by atoms with van der Waals surface area (Å²) in [4.78, 5) is 14.9. The molecular weight excluding hydrogens is 715 g/mol. The van der Waals surface area contributed by atoms with E-state index in [4.69, 9.17) is 15.0 Å². The van der Waals surface area contributed by atoms with E-state index in [-0.39, 0.29) is 0 Å². The first-order valence-corrected chi connectivity index (χ1v) is 19.9. The Kier molecular flexibility index (Phi) is 7.03. The molecule has 0 aliphatic heterocycles. The van der Waals surface area contributed by atoms with Crippen LogP contribution in [0.2, 0.25) is 0 Å². The molecule has 0 spiro atoms. The van der Waals surface area contributed by atoms with Gasteiger partial charge >= 0.3 is 0 Å². The molecule has 0 aliphatic carbocycles. The second-order valence-electron chi connectivity index (χ2n) is 14.5. The van der Waals surface area contributed by atoms with Crippen molar-refractivity contribution >= 4 is 75.1 Å². The molecule has 12 aromatic rings. The molecule has 0 amide bonds. The fourth-order valence-electron chi connectivity index (χ4n) is 8.55. The molecule has 6 heteroatoms. The Morgan fingerprint density at radius 2 is 0.825 bits per heavy atom. The van der Waals surface area contributed by atoms with Crippen molar-refractivity contribution in [2.24, 2.45) is 0 Å².